The van der Waals surface area contributed by atoms with Gasteiger partial charge >= 0.3 is 0 Å². The Morgan fingerprint density at radius 2 is 2.09 bits per heavy atom. The molecule has 0 radical (unpaired) electrons. The molecule has 1 saturated carbocycles. The van der Waals surface area contributed by atoms with E-state index in [1.807, 2.05) is 24.9 Å². The van der Waals surface area contributed by atoms with Crippen molar-refractivity contribution in [2.24, 2.45) is 5.92 Å². The van der Waals surface area contributed by atoms with Gasteiger partial charge in [-0.05, 0) is 32.0 Å². The van der Waals surface area contributed by atoms with Crippen LogP contribution < -0.4 is 10.2 Å². The zero-order valence-electron chi connectivity index (χ0n) is 13.2. The van der Waals surface area contributed by atoms with Gasteiger partial charge in [0, 0.05) is 30.0 Å². The third-order valence-electron chi connectivity index (χ3n) is 5.03. The Kier molecular flexibility index (Phi) is 5.13. The van der Waals surface area contributed by atoms with Crippen molar-refractivity contribution < 1.29 is 9.18 Å². The summed E-state index contributed by atoms with van der Waals surface area (Å²) < 4.78 is 14.4. The van der Waals surface area contributed by atoms with Gasteiger partial charge < -0.3 is 10.2 Å². The van der Waals surface area contributed by atoms with Crippen LogP contribution in [0.1, 0.15) is 38.2 Å². The number of hydrogen-bond acceptors (Lipinski definition) is 2. The average molecular weight is 327 g/mol. The molecule has 1 atom stereocenters. The van der Waals surface area contributed by atoms with Gasteiger partial charge in [0.15, 0.2) is 0 Å². The smallest absolute Gasteiger partial charge is 0.231 e. The largest absolute Gasteiger partial charge is 0.319 e. The number of halogens is 2. The molecule has 2 aliphatic rings. The van der Waals surface area contributed by atoms with Crippen LogP contribution in [0.3, 0.4) is 0 Å². The third-order valence-corrected chi connectivity index (χ3v) is 5.03. The molecular weight excluding hydrogens is 303 g/mol. The van der Waals surface area contributed by atoms with Gasteiger partial charge in [-0.15, -0.1) is 12.4 Å². The fourth-order valence-corrected chi connectivity index (χ4v) is 4.05. The Bertz CT molecular complexity index is 558. The van der Waals surface area contributed by atoms with Gasteiger partial charge in [0.25, 0.3) is 0 Å². The number of hydrogen-bond donors (Lipinski definition) is 1. The van der Waals surface area contributed by atoms with Crippen molar-refractivity contribution in [2.75, 3.05) is 25.0 Å². The lowest BCUT2D eigenvalue weighted by Gasteiger charge is -2.26. The molecule has 1 unspecified atom stereocenters. The van der Waals surface area contributed by atoms with Crippen LogP contribution in [-0.2, 0) is 10.2 Å². The molecule has 1 spiro atoms. The quantitative estimate of drug-likeness (QED) is 0.924. The lowest BCUT2D eigenvalue weighted by Crippen LogP contribution is -2.40. The standard InChI is InChI=1S/C17H23FN2O.ClH/c1-12(10-19-2)16(21)20-11-17(8-3-4-9-17)15-13(18)6-5-7-14(15)20;/h5-7,12,19H,3-4,8-11H2,1-2H3;1H. The van der Waals surface area contributed by atoms with Crippen LogP contribution in [0.15, 0.2) is 18.2 Å². The SMILES string of the molecule is CNCC(C)C(=O)N1CC2(CCCC2)c2c(F)cccc21.Cl. The van der Waals surface area contributed by atoms with Gasteiger partial charge in [0.05, 0.1) is 5.69 Å². The molecular formula is C17H24ClFN2O. The molecule has 3 nitrogen and oxygen atoms in total. The molecule has 1 N–H and O–H groups in total. The van der Waals surface area contributed by atoms with E-state index >= 15 is 0 Å². The summed E-state index contributed by atoms with van der Waals surface area (Å²) in [6.45, 7) is 3.22. The lowest BCUT2D eigenvalue weighted by atomic mass is 9.80. The van der Waals surface area contributed by atoms with Gasteiger partial charge in [-0.25, -0.2) is 4.39 Å². The second-order valence-electron chi connectivity index (χ2n) is 6.50. The fourth-order valence-electron chi connectivity index (χ4n) is 4.05. The number of carbonyl (C=O) groups excluding carboxylic acids is 1. The maximum atomic E-state index is 14.4. The summed E-state index contributed by atoms with van der Waals surface area (Å²) in [5, 5.41) is 3.05. The highest BCUT2D eigenvalue weighted by Crippen LogP contribution is 2.51. The van der Waals surface area contributed by atoms with E-state index < -0.39 is 0 Å². The minimum absolute atomic E-state index is 0. The van der Waals surface area contributed by atoms with Crippen molar-refractivity contribution in [3.63, 3.8) is 0 Å². The Balaban J connectivity index is 0.00000176. The number of nitrogens with zero attached hydrogens (tertiary/aromatic N) is 1. The maximum Gasteiger partial charge on any atom is 0.231 e. The molecule has 0 aromatic heterocycles. The summed E-state index contributed by atoms with van der Waals surface area (Å²) in [5.41, 5.74) is 1.44. The van der Waals surface area contributed by atoms with E-state index in [0.29, 0.717) is 13.1 Å². The van der Waals surface area contributed by atoms with Gasteiger partial charge in [-0.3, -0.25) is 4.79 Å². The summed E-state index contributed by atoms with van der Waals surface area (Å²) in [6, 6.07) is 5.14. The van der Waals surface area contributed by atoms with Gasteiger partial charge in [0.2, 0.25) is 5.91 Å². The van der Waals surface area contributed by atoms with E-state index in [4.69, 9.17) is 0 Å². The van der Waals surface area contributed by atoms with Crippen molar-refractivity contribution in [1.29, 1.82) is 0 Å². The molecule has 0 bridgehead atoms. The van der Waals surface area contributed by atoms with E-state index in [2.05, 4.69) is 5.32 Å². The molecule has 1 aromatic carbocycles. The van der Waals surface area contributed by atoms with Crippen molar-refractivity contribution >= 4 is 24.0 Å². The van der Waals surface area contributed by atoms with Crippen LogP contribution in [0.2, 0.25) is 0 Å². The maximum absolute atomic E-state index is 14.4. The molecule has 1 aromatic rings. The first-order valence-corrected chi connectivity index (χ1v) is 7.84. The molecule has 1 fully saturated rings. The summed E-state index contributed by atoms with van der Waals surface area (Å²) in [5.74, 6) is -0.145. The minimum atomic E-state index is -0.147. The molecule has 1 aliphatic heterocycles. The fraction of sp³-hybridized carbons (Fsp3) is 0.588. The molecule has 1 amide bonds. The zero-order valence-corrected chi connectivity index (χ0v) is 14.0. The summed E-state index contributed by atoms with van der Waals surface area (Å²) in [4.78, 5) is 14.5. The van der Waals surface area contributed by atoms with Crippen molar-refractivity contribution in [3.05, 3.63) is 29.6 Å². The first-order chi connectivity index (χ1) is 10.1. The van der Waals surface area contributed by atoms with Crippen LogP contribution in [-0.4, -0.2) is 26.0 Å². The predicted octanol–water partition coefficient (Wildman–Crippen LogP) is 3.26. The van der Waals surface area contributed by atoms with Crippen molar-refractivity contribution in [3.8, 4) is 0 Å². The van der Waals surface area contributed by atoms with Crippen LogP contribution in [0.25, 0.3) is 0 Å². The van der Waals surface area contributed by atoms with Gasteiger partial charge in [0.1, 0.15) is 5.82 Å². The van der Waals surface area contributed by atoms with Crippen LogP contribution in [0.5, 0.6) is 0 Å². The molecule has 5 heteroatoms. The second-order valence-corrected chi connectivity index (χ2v) is 6.50. The van der Waals surface area contributed by atoms with Crippen LogP contribution >= 0.6 is 12.4 Å². The van der Waals surface area contributed by atoms with E-state index in [0.717, 1.165) is 36.9 Å². The number of amides is 1. The molecule has 22 heavy (non-hydrogen) atoms. The van der Waals surface area contributed by atoms with Crippen molar-refractivity contribution in [2.45, 2.75) is 38.0 Å². The van der Waals surface area contributed by atoms with Crippen molar-refractivity contribution in [1.82, 2.24) is 5.32 Å². The predicted molar refractivity (Wildman–Crippen MR) is 89.2 cm³/mol. The Hall–Kier alpha value is -1.13. The zero-order chi connectivity index (χ0) is 15.0. The summed E-state index contributed by atoms with van der Waals surface area (Å²) >= 11 is 0. The number of benzene rings is 1. The highest BCUT2D eigenvalue weighted by atomic mass is 35.5. The Labute approximate surface area is 137 Å². The highest BCUT2D eigenvalue weighted by Gasteiger charge is 2.48. The van der Waals surface area contributed by atoms with Crippen LogP contribution in [0.4, 0.5) is 10.1 Å². The monoisotopic (exact) mass is 326 g/mol. The van der Waals surface area contributed by atoms with E-state index in [1.165, 1.54) is 6.07 Å². The highest BCUT2D eigenvalue weighted by molar-refractivity contribution is 5.97. The number of anilines is 1. The van der Waals surface area contributed by atoms with E-state index in [1.54, 1.807) is 6.07 Å². The average Bonchev–Trinajstić information content (AvgIpc) is 3.06. The number of fused-ring (bicyclic) bond motifs is 2. The number of carbonyl (C=O) groups is 1. The lowest BCUT2D eigenvalue weighted by molar-refractivity contribution is -0.121. The second kappa shape index (κ2) is 6.55. The first-order valence-electron chi connectivity index (χ1n) is 7.84. The summed E-state index contributed by atoms with van der Waals surface area (Å²) in [6.07, 6.45) is 4.24. The molecule has 122 valence electrons. The Morgan fingerprint density at radius 3 is 2.73 bits per heavy atom. The Morgan fingerprint density at radius 1 is 1.41 bits per heavy atom. The van der Waals surface area contributed by atoms with Crippen LogP contribution in [0, 0.1) is 11.7 Å². The molecule has 1 heterocycles. The first kappa shape index (κ1) is 17.2. The van der Waals surface area contributed by atoms with E-state index in [9.17, 15) is 9.18 Å². The molecule has 1 aliphatic carbocycles. The summed E-state index contributed by atoms with van der Waals surface area (Å²) in [7, 11) is 1.85. The van der Waals surface area contributed by atoms with E-state index in [-0.39, 0.29) is 35.5 Å². The van der Waals surface area contributed by atoms with Gasteiger partial charge in [-0.2, -0.15) is 0 Å². The third kappa shape index (κ3) is 2.63. The normalized spacial score (nSPS) is 19.9. The molecule has 0 saturated heterocycles. The van der Waals surface area contributed by atoms with Gasteiger partial charge in [-0.1, -0.05) is 25.8 Å². The topological polar surface area (TPSA) is 32.3 Å². The number of rotatable bonds is 3. The molecule has 3 rings (SSSR count). The minimum Gasteiger partial charge on any atom is -0.319 e. The number of nitrogens with one attached hydrogen (secondary N) is 1.